The summed E-state index contributed by atoms with van der Waals surface area (Å²) in [4.78, 5) is 21.3. The van der Waals surface area contributed by atoms with Gasteiger partial charge >= 0.3 is 0 Å². The van der Waals surface area contributed by atoms with E-state index in [-0.39, 0.29) is 11.7 Å². The fourth-order valence-corrected chi connectivity index (χ4v) is 3.69. The van der Waals surface area contributed by atoms with Crippen LogP contribution in [0.1, 0.15) is 22.3 Å². The molecule has 0 aliphatic carbocycles. The Bertz CT molecular complexity index is 988. The number of hydrogen-bond donors (Lipinski definition) is 0. The molecule has 0 spiro atoms. The number of halogens is 1. The molecule has 5 heteroatoms. The van der Waals surface area contributed by atoms with E-state index in [9.17, 15) is 9.18 Å². The largest absolute Gasteiger partial charge is 0.369 e. The van der Waals surface area contributed by atoms with Crippen molar-refractivity contribution in [2.75, 3.05) is 31.1 Å². The molecular weight excluding hydrogens is 341 g/mol. The number of amides is 1. The number of carbonyl (C=O) groups is 1. The zero-order valence-electron chi connectivity index (χ0n) is 15.4. The van der Waals surface area contributed by atoms with Crippen LogP contribution in [0.3, 0.4) is 0 Å². The average molecular weight is 363 g/mol. The summed E-state index contributed by atoms with van der Waals surface area (Å²) < 4.78 is 13.5. The van der Waals surface area contributed by atoms with E-state index in [2.05, 4.69) is 28.9 Å². The first-order chi connectivity index (χ1) is 13.1. The summed E-state index contributed by atoms with van der Waals surface area (Å²) in [5.74, 6) is -0.484. The highest BCUT2D eigenvalue weighted by atomic mass is 19.1. The zero-order valence-corrected chi connectivity index (χ0v) is 15.4. The number of rotatable bonds is 2. The predicted octanol–water partition coefficient (Wildman–Crippen LogP) is 4.03. The van der Waals surface area contributed by atoms with Gasteiger partial charge in [-0.15, -0.1) is 0 Å². The lowest BCUT2D eigenvalue weighted by molar-refractivity contribution is 0.0766. The minimum atomic E-state index is -0.379. The Labute approximate surface area is 158 Å². The van der Waals surface area contributed by atoms with Crippen molar-refractivity contribution in [3.8, 4) is 0 Å². The predicted molar refractivity (Wildman–Crippen MR) is 106 cm³/mol. The topological polar surface area (TPSA) is 36.4 Å². The van der Waals surface area contributed by atoms with Crippen molar-refractivity contribution in [1.29, 1.82) is 0 Å². The number of nitrogens with zero attached hydrogens (tertiary/aromatic N) is 3. The van der Waals surface area contributed by atoms with Crippen LogP contribution in [0.2, 0.25) is 0 Å². The Kier molecular flexibility index (Phi) is 4.75. The summed E-state index contributed by atoms with van der Waals surface area (Å²) in [6, 6.07) is 14.3. The minimum Gasteiger partial charge on any atom is -0.369 e. The summed E-state index contributed by atoms with van der Waals surface area (Å²) in [5.41, 5.74) is 3.75. The summed E-state index contributed by atoms with van der Waals surface area (Å²) in [5, 5.41) is 1.14. The number of aromatic nitrogens is 1. The van der Waals surface area contributed by atoms with Gasteiger partial charge < -0.3 is 9.80 Å². The van der Waals surface area contributed by atoms with Gasteiger partial charge in [-0.05, 0) is 49.7 Å². The van der Waals surface area contributed by atoms with E-state index in [4.69, 9.17) is 0 Å². The summed E-state index contributed by atoms with van der Waals surface area (Å²) >= 11 is 0. The molecule has 3 aromatic rings. The van der Waals surface area contributed by atoms with E-state index in [0.717, 1.165) is 36.1 Å². The van der Waals surface area contributed by atoms with Gasteiger partial charge in [-0.25, -0.2) is 4.39 Å². The number of carbonyl (C=O) groups excluding carboxylic acids is 1. The first kappa shape index (κ1) is 17.5. The van der Waals surface area contributed by atoms with E-state index < -0.39 is 0 Å². The van der Waals surface area contributed by atoms with Gasteiger partial charge in [0.2, 0.25) is 0 Å². The van der Waals surface area contributed by atoms with E-state index in [1.807, 2.05) is 23.2 Å². The first-order valence-corrected chi connectivity index (χ1v) is 9.27. The molecule has 1 saturated heterocycles. The third-order valence-electron chi connectivity index (χ3n) is 5.07. The molecule has 0 atom stereocenters. The number of pyridine rings is 1. The van der Waals surface area contributed by atoms with Crippen molar-refractivity contribution in [1.82, 2.24) is 9.88 Å². The van der Waals surface area contributed by atoms with Crippen LogP contribution in [0.4, 0.5) is 10.1 Å². The Balaban J connectivity index is 1.56. The van der Waals surface area contributed by atoms with Crippen LogP contribution in [0.25, 0.3) is 10.9 Å². The van der Waals surface area contributed by atoms with Gasteiger partial charge in [-0.1, -0.05) is 17.7 Å². The third kappa shape index (κ3) is 3.63. The Morgan fingerprint density at radius 2 is 1.93 bits per heavy atom. The van der Waals surface area contributed by atoms with Gasteiger partial charge in [0.05, 0.1) is 5.52 Å². The molecule has 0 N–H and O–H groups in total. The maximum absolute atomic E-state index is 13.5. The van der Waals surface area contributed by atoms with Crippen molar-refractivity contribution in [3.63, 3.8) is 0 Å². The number of aryl methyl sites for hydroxylation is 1. The zero-order chi connectivity index (χ0) is 18.8. The fraction of sp³-hybridized carbons (Fsp3) is 0.273. The SMILES string of the molecule is Cc1ccc2nccc(N3CCCN(C(=O)c4cccc(F)c4)CC3)c2c1. The van der Waals surface area contributed by atoms with Crippen LogP contribution in [-0.4, -0.2) is 42.0 Å². The molecule has 1 amide bonds. The number of hydrogen-bond acceptors (Lipinski definition) is 3. The maximum Gasteiger partial charge on any atom is 0.254 e. The van der Waals surface area contributed by atoms with E-state index in [0.29, 0.717) is 18.7 Å². The van der Waals surface area contributed by atoms with E-state index in [1.54, 1.807) is 12.1 Å². The van der Waals surface area contributed by atoms with Crippen LogP contribution in [-0.2, 0) is 0 Å². The van der Waals surface area contributed by atoms with Crippen LogP contribution >= 0.6 is 0 Å². The minimum absolute atomic E-state index is 0.105. The van der Waals surface area contributed by atoms with Crippen molar-refractivity contribution in [2.45, 2.75) is 13.3 Å². The van der Waals surface area contributed by atoms with Gasteiger partial charge in [0.25, 0.3) is 5.91 Å². The highest BCUT2D eigenvalue weighted by molar-refractivity contribution is 5.94. The van der Waals surface area contributed by atoms with Crippen molar-refractivity contribution in [3.05, 3.63) is 71.7 Å². The number of benzene rings is 2. The summed E-state index contributed by atoms with van der Waals surface area (Å²) in [6.07, 6.45) is 2.71. The van der Waals surface area contributed by atoms with Crippen LogP contribution < -0.4 is 4.90 Å². The monoisotopic (exact) mass is 363 g/mol. The molecule has 1 aliphatic rings. The second-order valence-electron chi connectivity index (χ2n) is 6.99. The quantitative estimate of drug-likeness (QED) is 0.690. The molecule has 27 heavy (non-hydrogen) atoms. The lowest BCUT2D eigenvalue weighted by Crippen LogP contribution is -2.35. The fourth-order valence-electron chi connectivity index (χ4n) is 3.69. The maximum atomic E-state index is 13.5. The van der Waals surface area contributed by atoms with Gasteiger partial charge in [0, 0.05) is 49.0 Å². The molecule has 2 heterocycles. The normalized spacial score (nSPS) is 15.0. The molecule has 0 radical (unpaired) electrons. The lowest BCUT2D eigenvalue weighted by atomic mass is 10.1. The Hall–Kier alpha value is -2.95. The third-order valence-corrected chi connectivity index (χ3v) is 5.07. The van der Waals surface area contributed by atoms with E-state index >= 15 is 0 Å². The summed E-state index contributed by atoms with van der Waals surface area (Å²) in [7, 11) is 0. The molecule has 4 rings (SSSR count). The molecule has 1 fully saturated rings. The number of anilines is 1. The Morgan fingerprint density at radius 1 is 1.04 bits per heavy atom. The van der Waals surface area contributed by atoms with Gasteiger partial charge in [-0.3, -0.25) is 9.78 Å². The van der Waals surface area contributed by atoms with Crippen molar-refractivity contribution in [2.24, 2.45) is 0 Å². The molecule has 4 nitrogen and oxygen atoms in total. The van der Waals surface area contributed by atoms with Crippen molar-refractivity contribution >= 4 is 22.5 Å². The molecule has 0 saturated carbocycles. The Morgan fingerprint density at radius 3 is 2.78 bits per heavy atom. The molecule has 138 valence electrons. The highest BCUT2D eigenvalue weighted by Gasteiger charge is 2.21. The molecule has 1 aliphatic heterocycles. The standard InChI is InChI=1S/C22H22FN3O/c1-16-6-7-20-19(14-16)21(8-9-24-20)25-10-3-11-26(13-12-25)22(27)17-4-2-5-18(23)15-17/h2,4-9,14-15H,3,10-13H2,1H3. The smallest absolute Gasteiger partial charge is 0.254 e. The van der Waals surface area contributed by atoms with Crippen LogP contribution in [0, 0.1) is 12.7 Å². The molecule has 0 bridgehead atoms. The first-order valence-electron chi connectivity index (χ1n) is 9.27. The number of fused-ring (bicyclic) bond motifs is 1. The lowest BCUT2D eigenvalue weighted by Gasteiger charge is -2.25. The molecule has 0 unspecified atom stereocenters. The second-order valence-corrected chi connectivity index (χ2v) is 6.99. The van der Waals surface area contributed by atoms with Gasteiger partial charge in [0.15, 0.2) is 0 Å². The summed E-state index contributed by atoms with van der Waals surface area (Å²) in [6.45, 7) is 4.99. The molecule has 2 aromatic carbocycles. The second kappa shape index (κ2) is 7.35. The van der Waals surface area contributed by atoms with Crippen LogP contribution in [0.5, 0.6) is 0 Å². The average Bonchev–Trinajstić information content (AvgIpc) is 2.93. The highest BCUT2D eigenvalue weighted by Crippen LogP contribution is 2.27. The van der Waals surface area contributed by atoms with Crippen molar-refractivity contribution < 1.29 is 9.18 Å². The van der Waals surface area contributed by atoms with Gasteiger partial charge in [-0.2, -0.15) is 0 Å². The molecule has 1 aromatic heterocycles. The van der Waals surface area contributed by atoms with Crippen LogP contribution in [0.15, 0.2) is 54.7 Å². The van der Waals surface area contributed by atoms with Gasteiger partial charge in [0.1, 0.15) is 5.82 Å². The molecular formula is C22H22FN3O. The van der Waals surface area contributed by atoms with E-state index in [1.165, 1.54) is 17.7 Å².